The van der Waals surface area contributed by atoms with Gasteiger partial charge >= 0.3 is 0 Å². The minimum Gasteiger partial charge on any atom is -0.453 e. The molecule has 4 heterocycles. The lowest BCUT2D eigenvalue weighted by molar-refractivity contribution is 0.187. The van der Waals surface area contributed by atoms with Crippen molar-refractivity contribution in [2.75, 3.05) is 13.1 Å². The maximum Gasteiger partial charge on any atom is 0.248 e. The highest BCUT2D eigenvalue weighted by Crippen LogP contribution is 2.30. The van der Waals surface area contributed by atoms with Crippen molar-refractivity contribution in [3.8, 4) is 0 Å². The topological polar surface area (TPSA) is 80.0 Å². The fraction of sp³-hybridized carbons (Fsp3) is 0.389. The maximum absolute atomic E-state index is 11.5. The van der Waals surface area contributed by atoms with Crippen LogP contribution < -0.4 is 5.56 Å². The summed E-state index contributed by atoms with van der Waals surface area (Å²) in [5.41, 5.74) is 1.13. The Balaban J connectivity index is 1.32. The van der Waals surface area contributed by atoms with Crippen LogP contribution in [0, 0.1) is 0 Å². The Morgan fingerprint density at radius 3 is 2.88 bits per heavy atom. The molecule has 0 amide bonds. The summed E-state index contributed by atoms with van der Waals surface area (Å²) in [6.07, 6.45) is 5.54. The standard InChI is InChI=1S/C18H21N5O2S/c1-22-12-20-21-18(22)26-17-3-2-15(25-17)11-23-8-5-13(6-9-23)14-4-7-19-16(24)10-14/h2-4,7,10,12-13H,5-6,8-9,11H2,1H3,(H,19,24). The number of hydrogen-bond donors (Lipinski definition) is 1. The van der Waals surface area contributed by atoms with Gasteiger partial charge in [0.25, 0.3) is 0 Å². The van der Waals surface area contributed by atoms with Gasteiger partial charge in [0.05, 0.1) is 6.54 Å². The number of rotatable bonds is 5. The SMILES string of the molecule is Cn1cnnc1Sc1ccc(CN2CCC(c3cc[nH]c(=O)c3)CC2)o1. The third-order valence-electron chi connectivity index (χ3n) is 4.74. The first-order valence-corrected chi connectivity index (χ1v) is 9.50. The van der Waals surface area contributed by atoms with Gasteiger partial charge in [0.15, 0.2) is 10.2 Å². The maximum atomic E-state index is 11.5. The molecule has 1 aliphatic rings. The summed E-state index contributed by atoms with van der Waals surface area (Å²) in [6, 6.07) is 7.76. The van der Waals surface area contributed by atoms with Crippen LogP contribution in [0.4, 0.5) is 0 Å². The first kappa shape index (κ1) is 17.1. The number of aryl methyl sites for hydroxylation is 1. The van der Waals surface area contributed by atoms with E-state index in [0.717, 1.165) is 54.0 Å². The van der Waals surface area contributed by atoms with Crippen LogP contribution in [-0.4, -0.2) is 37.7 Å². The molecule has 0 spiro atoms. The van der Waals surface area contributed by atoms with Crippen molar-refractivity contribution in [2.45, 2.75) is 35.6 Å². The summed E-state index contributed by atoms with van der Waals surface area (Å²) in [6.45, 7) is 2.81. The van der Waals surface area contributed by atoms with Gasteiger partial charge in [0.1, 0.15) is 12.1 Å². The number of pyridine rings is 1. The van der Waals surface area contributed by atoms with Crippen molar-refractivity contribution in [1.82, 2.24) is 24.6 Å². The number of nitrogens with one attached hydrogen (secondary N) is 1. The zero-order valence-corrected chi connectivity index (χ0v) is 15.4. The van der Waals surface area contributed by atoms with Crippen LogP contribution in [0.2, 0.25) is 0 Å². The quantitative estimate of drug-likeness (QED) is 0.743. The molecule has 1 saturated heterocycles. The number of aromatic amines is 1. The molecule has 7 nitrogen and oxygen atoms in total. The summed E-state index contributed by atoms with van der Waals surface area (Å²) < 4.78 is 7.80. The molecule has 0 aromatic carbocycles. The average molecular weight is 371 g/mol. The Hall–Kier alpha value is -2.32. The second kappa shape index (κ2) is 7.51. The molecule has 0 aliphatic carbocycles. The van der Waals surface area contributed by atoms with Crippen LogP contribution in [0.25, 0.3) is 0 Å². The zero-order chi connectivity index (χ0) is 17.9. The van der Waals surface area contributed by atoms with Gasteiger partial charge in [-0.3, -0.25) is 9.69 Å². The van der Waals surface area contributed by atoms with Gasteiger partial charge in [0, 0.05) is 19.3 Å². The Labute approximate surface area is 155 Å². The van der Waals surface area contributed by atoms with Crippen LogP contribution in [0.3, 0.4) is 0 Å². The zero-order valence-electron chi connectivity index (χ0n) is 14.6. The van der Waals surface area contributed by atoms with Crippen molar-refractivity contribution in [1.29, 1.82) is 0 Å². The van der Waals surface area contributed by atoms with E-state index in [4.69, 9.17) is 4.42 Å². The van der Waals surface area contributed by atoms with Crippen LogP contribution in [0.5, 0.6) is 0 Å². The smallest absolute Gasteiger partial charge is 0.248 e. The van der Waals surface area contributed by atoms with E-state index in [1.165, 1.54) is 11.8 Å². The lowest BCUT2D eigenvalue weighted by atomic mass is 9.90. The number of aromatic nitrogens is 4. The third-order valence-corrected chi connectivity index (χ3v) is 5.71. The molecule has 0 bridgehead atoms. The summed E-state index contributed by atoms with van der Waals surface area (Å²) in [7, 11) is 1.91. The van der Waals surface area contributed by atoms with Gasteiger partial charge in [-0.05, 0) is 67.4 Å². The second-order valence-corrected chi connectivity index (χ2v) is 7.56. The van der Waals surface area contributed by atoms with E-state index in [1.807, 2.05) is 29.8 Å². The number of H-pyrrole nitrogens is 1. The molecule has 136 valence electrons. The largest absolute Gasteiger partial charge is 0.453 e. The number of furan rings is 1. The third kappa shape index (κ3) is 3.91. The number of hydrogen-bond acceptors (Lipinski definition) is 6. The molecule has 0 saturated carbocycles. The molecule has 3 aromatic rings. The highest BCUT2D eigenvalue weighted by atomic mass is 32.2. The Morgan fingerprint density at radius 1 is 1.31 bits per heavy atom. The summed E-state index contributed by atoms with van der Waals surface area (Å²) in [4.78, 5) is 16.6. The van der Waals surface area contributed by atoms with Gasteiger partial charge in [-0.15, -0.1) is 10.2 Å². The average Bonchev–Trinajstić information content (AvgIpc) is 3.25. The van der Waals surface area contributed by atoms with Crippen LogP contribution >= 0.6 is 11.8 Å². The molecule has 8 heteroatoms. The monoisotopic (exact) mass is 371 g/mol. The van der Waals surface area contributed by atoms with Crippen molar-refractivity contribution in [3.05, 3.63) is 58.5 Å². The first-order valence-electron chi connectivity index (χ1n) is 8.69. The van der Waals surface area contributed by atoms with E-state index >= 15 is 0 Å². The van der Waals surface area contributed by atoms with Crippen molar-refractivity contribution < 1.29 is 4.42 Å². The molecule has 0 atom stereocenters. The molecule has 26 heavy (non-hydrogen) atoms. The van der Waals surface area contributed by atoms with Crippen molar-refractivity contribution in [2.24, 2.45) is 7.05 Å². The summed E-state index contributed by atoms with van der Waals surface area (Å²) in [5.74, 6) is 1.43. The van der Waals surface area contributed by atoms with Crippen LogP contribution in [0.1, 0.15) is 30.1 Å². The first-order chi connectivity index (χ1) is 12.7. The molecular formula is C18H21N5O2S. The molecule has 0 unspecified atom stereocenters. The minimum atomic E-state index is -0.0199. The molecule has 1 N–H and O–H groups in total. The highest BCUT2D eigenvalue weighted by molar-refractivity contribution is 7.99. The van der Waals surface area contributed by atoms with E-state index in [-0.39, 0.29) is 5.56 Å². The molecule has 1 aliphatic heterocycles. The lowest BCUT2D eigenvalue weighted by Gasteiger charge is -2.31. The van der Waals surface area contributed by atoms with Crippen molar-refractivity contribution >= 4 is 11.8 Å². The minimum absolute atomic E-state index is 0.0199. The fourth-order valence-electron chi connectivity index (χ4n) is 3.31. The van der Waals surface area contributed by atoms with E-state index < -0.39 is 0 Å². The fourth-order valence-corrected chi connectivity index (χ4v) is 4.06. The number of likely N-dealkylation sites (tertiary alicyclic amines) is 1. The second-order valence-electron chi connectivity index (χ2n) is 6.58. The molecule has 0 radical (unpaired) electrons. The van der Waals surface area contributed by atoms with E-state index in [0.29, 0.717) is 5.92 Å². The Kier molecular flexibility index (Phi) is 4.94. The van der Waals surface area contributed by atoms with E-state index in [1.54, 1.807) is 18.6 Å². The predicted molar refractivity (Wildman–Crippen MR) is 98.1 cm³/mol. The normalized spacial score (nSPS) is 16.2. The van der Waals surface area contributed by atoms with Gasteiger partial charge < -0.3 is 14.0 Å². The van der Waals surface area contributed by atoms with Gasteiger partial charge in [0.2, 0.25) is 5.56 Å². The highest BCUT2D eigenvalue weighted by Gasteiger charge is 2.21. The summed E-state index contributed by atoms with van der Waals surface area (Å²) in [5, 5.41) is 9.57. The summed E-state index contributed by atoms with van der Waals surface area (Å²) >= 11 is 1.47. The van der Waals surface area contributed by atoms with Crippen LogP contribution in [0.15, 0.2) is 56.3 Å². The van der Waals surface area contributed by atoms with Gasteiger partial charge in [-0.1, -0.05) is 0 Å². The van der Waals surface area contributed by atoms with E-state index in [9.17, 15) is 4.79 Å². The lowest BCUT2D eigenvalue weighted by Crippen LogP contribution is -2.32. The molecule has 4 rings (SSSR count). The molecule has 3 aromatic heterocycles. The number of nitrogens with zero attached hydrogens (tertiary/aromatic N) is 4. The van der Waals surface area contributed by atoms with Gasteiger partial charge in [-0.2, -0.15) is 0 Å². The van der Waals surface area contributed by atoms with Crippen molar-refractivity contribution in [3.63, 3.8) is 0 Å². The van der Waals surface area contributed by atoms with E-state index in [2.05, 4.69) is 20.1 Å². The number of piperidine rings is 1. The van der Waals surface area contributed by atoms with Crippen LogP contribution in [-0.2, 0) is 13.6 Å². The Bertz CT molecular complexity index is 923. The predicted octanol–water partition coefficient (Wildman–Crippen LogP) is 2.63. The molecule has 1 fully saturated rings. The molecular weight excluding hydrogens is 350 g/mol. The van der Waals surface area contributed by atoms with Gasteiger partial charge in [-0.25, -0.2) is 0 Å². The Morgan fingerprint density at radius 2 is 2.15 bits per heavy atom.